The Balaban J connectivity index is 1.34. The van der Waals surface area contributed by atoms with Gasteiger partial charge in [-0.05, 0) is 72.4 Å². The maximum atomic E-state index is 13.9. The molecule has 0 fully saturated rings. The lowest BCUT2D eigenvalue weighted by Crippen LogP contribution is -2.41. The molecule has 206 valence electrons. The zero-order chi connectivity index (χ0) is 28.2. The Labute approximate surface area is 241 Å². The predicted octanol–water partition coefficient (Wildman–Crippen LogP) is 7.59. The first-order valence-electron chi connectivity index (χ1n) is 14.2. The summed E-state index contributed by atoms with van der Waals surface area (Å²) in [4.78, 5) is 29.5. The Morgan fingerprint density at radius 3 is 2.00 bits per heavy atom. The van der Waals surface area contributed by atoms with Crippen LogP contribution in [0.2, 0.25) is 0 Å². The van der Waals surface area contributed by atoms with Crippen molar-refractivity contribution in [3.63, 3.8) is 0 Å². The Morgan fingerprint density at radius 2 is 1.32 bits per heavy atom. The number of anilines is 1. The van der Waals surface area contributed by atoms with Gasteiger partial charge in [-0.25, -0.2) is 0 Å². The standard InChI is InChI=1S/C36H33NO4/c1-2-40-30-19-15-29(16-20-30)37-33-21-28(26-11-7-4-8-12-26)22-34(38)36(33)32(23-35(37)39)27-13-17-31(18-14-27)41-24-25-9-5-3-6-10-25/h3-20,28,32H,2,21-24H2,1H3. The van der Waals surface area contributed by atoms with E-state index in [0.717, 1.165) is 45.1 Å². The second kappa shape index (κ2) is 11.8. The maximum Gasteiger partial charge on any atom is 0.232 e. The second-order valence-electron chi connectivity index (χ2n) is 10.6. The molecule has 1 heterocycles. The summed E-state index contributed by atoms with van der Waals surface area (Å²) >= 11 is 0. The quantitative estimate of drug-likeness (QED) is 0.230. The van der Waals surface area contributed by atoms with Crippen LogP contribution in [-0.2, 0) is 16.2 Å². The number of rotatable bonds is 8. The molecule has 2 unspecified atom stereocenters. The molecule has 4 aromatic carbocycles. The molecule has 2 atom stereocenters. The van der Waals surface area contributed by atoms with Crippen molar-refractivity contribution in [3.05, 3.63) is 137 Å². The third-order valence-electron chi connectivity index (χ3n) is 7.94. The maximum absolute atomic E-state index is 13.9. The van der Waals surface area contributed by atoms with Crippen LogP contribution in [0.25, 0.3) is 0 Å². The van der Waals surface area contributed by atoms with Crippen LogP contribution in [0.4, 0.5) is 5.69 Å². The lowest BCUT2D eigenvalue weighted by atomic mass is 9.72. The molecule has 0 aromatic heterocycles. The highest BCUT2D eigenvalue weighted by molar-refractivity contribution is 6.08. The van der Waals surface area contributed by atoms with Gasteiger partial charge in [0, 0.05) is 35.7 Å². The summed E-state index contributed by atoms with van der Waals surface area (Å²) in [5.74, 6) is 1.34. The zero-order valence-corrected chi connectivity index (χ0v) is 23.2. The van der Waals surface area contributed by atoms with Gasteiger partial charge in [0.05, 0.1) is 6.61 Å². The number of benzene rings is 4. The molecule has 1 aliphatic carbocycles. The van der Waals surface area contributed by atoms with E-state index in [0.29, 0.717) is 26.1 Å². The van der Waals surface area contributed by atoms with E-state index >= 15 is 0 Å². The van der Waals surface area contributed by atoms with Gasteiger partial charge in [-0.2, -0.15) is 0 Å². The van der Waals surface area contributed by atoms with E-state index < -0.39 is 0 Å². The number of ether oxygens (including phenoxy) is 2. The highest BCUT2D eigenvalue weighted by Gasteiger charge is 2.42. The topological polar surface area (TPSA) is 55.8 Å². The number of ketones is 1. The monoisotopic (exact) mass is 543 g/mol. The summed E-state index contributed by atoms with van der Waals surface area (Å²) in [5.41, 5.74) is 5.49. The number of nitrogens with zero attached hydrogens (tertiary/aromatic N) is 1. The third kappa shape index (κ3) is 5.66. The van der Waals surface area contributed by atoms with Gasteiger partial charge in [0.2, 0.25) is 5.91 Å². The first kappa shape index (κ1) is 26.6. The van der Waals surface area contributed by atoms with Gasteiger partial charge in [-0.1, -0.05) is 72.8 Å². The number of allylic oxidation sites excluding steroid dienone is 2. The average Bonchev–Trinajstić information content (AvgIpc) is 3.01. The number of carbonyl (C=O) groups excluding carboxylic acids is 2. The van der Waals surface area contributed by atoms with Gasteiger partial charge in [-0.15, -0.1) is 0 Å². The van der Waals surface area contributed by atoms with Gasteiger partial charge in [0.1, 0.15) is 18.1 Å². The van der Waals surface area contributed by atoms with Gasteiger partial charge >= 0.3 is 0 Å². The van der Waals surface area contributed by atoms with Gasteiger partial charge in [0.15, 0.2) is 5.78 Å². The van der Waals surface area contributed by atoms with Crippen LogP contribution in [0.5, 0.6) is 11.5 Å². The summed E-state index contributed by atoms with van der Waals surface area (Å²) < 4.78 is 11.6. The van der Waals surface area contributed by atoms with Crippen LogP contribution in [-0.4, -0.2) is 18.3 Å². The Kier molecular flexibility index (Phi) is 7.68. The largest absolute Gasteiger partial charge is 0.494 e. The van der Waals surface area contributed by atoms with E-state index in [-0.39, 0.29) is 29.9 Å². The summed E-state index contributed by atoms with van der Waals surface area (Å²) in [6, 6.07) is 35.6. The fraction of sp³-hybridized carbons (Fsp3) is 0.222. The van der Waals surface area contributed by atoms with E-state index in [1.807, 2.05) is 104 Å². The molecule has 2 aliphatic rings. The van der Waals surface area contributed by atoms with Crippen molar-refractivity contribution in [1.29, 1.82) is 0 Å². The lowest BCUT2D eigenvalue weighted by Gasteiger charge is -2.40. The molecule has 0 N–H and O–H groups in total. The van der Waals surface area contributed by atoms with E-state index in [2.05, 4.69) is 12.1 Å². The predicted molar refractivity (Wildman–Crippen MR) is 160 cm³/mol. The van der Waals surface area contributed by atoms with Crippen LogP contribution >= 0.6 is 0 Å². The molecular formula is C36H33NO4. The van der Waals surface area contributed by atoms with E-state index in [1.54, 1.807) is 4.90 Å². The molecule has 6 rings (SSSR count). The molecule has 0 spiro atoms. The number of amides is 1. The van der Waals surface area contributed by atoms with Crippen LogP contribution < -0.4 is 14.4 Å². The highest BCUT2D eigenvalue weighted by atomic mass is 16.5. The average molecular weight is 544 g/mol. The first-order chi connectivity index (χ1) is 20.1. The number of Topliss-reactive ketones (excluding diaryl/α,β-unsaturated/α-hetero) is 1. The van der Waals surface area contributed by atoms with Crippen molar-refractivity contribution in [2.75, 3.05) is 11.5 Å². The minimum atomic E-state index is -0.288. The Hall–Kier alpha value is -4.64. The molecule has 0 bridgehead atoms. The summed E-state index contributed by atoms with van der Waals surface area (Å²) in [6.07, 6.45) is 1.29. The van der Waals surface area contributed by atoms with Crippen LogP contribution in [0.1, 0.15) is 54.7 Å². The smallest absolute Gasteiger partial charge is 0.232 e. The molecule has 4 aromatic rings. The number of hydrogen-bond acceptors (Lipinski definition) is 4. The molecular weight excluding hydrogens is 510 g/mol. The van der Waals surface area contributed by atoms with Gasteiger partial charge < -0.3 is 9.47 Å². The zero-order valence-electron chi connectivity index (χ0n) is 23.2. The van der Waals surface area contributed by atoms with Crippen molar-refractivity contribution in [1.82, 2.24) is 0 Å². The van der Waals surface area contributed by atoms with Gasteiger partial charge in [-0.3, -0.25) is 14.5 Å². The number of hydrogen-bond donors (Lipinski definition) is 0. The van der Waals surface area contributed by atoms with Crippen molar-refractivity contribution in [2.24, 2.45) is 0 Å². The molecule has 5 nitrogen and oxygen atoms in total. The number of carbonyl (C=O) groups is 2. The molecule has 1 amide bonds. The molecule has 0 saturated heterocycles. The summed E-state index contributed by atoms with van der Waals surface area (Å²) in [7, 11) is 0. The van der Waals surface area contributed by atoms with Crippen LogP contribution in [0.3, 0.4) is 0 Å². The van der Waals surface area contributed by atoms with Crippen molar-refractivity contribution >= 4 is 17.4 Å². The highest BCUT2D eigenvalue weighted by Crippen LogP contribution is 2.47. The SMILES string of the molecule is CCOc1ccc(N2C(=O)CC(c3ccc(OCc4ccccc4)cc3)C3=C2CC(c2ccccc2)CC3=O)cc1. The minimum absolute atomic E-state index is 0.0103. The fourth-order valence-corrected chi connectivity index (χ4v) is 5.98. The first-order valence-corrected chi connectivity index (χ1v) is 14.2. The van der Waals surface area contributed by atoms with E-state index in [9.17, 15) is 9.59 Å². The molecule has 0 saturated carbocycles. The Bertz CT molecular complexity index is 1540. The Morgan fingerprint density at radius 1 is 0.683 bits per heavy atom. The van der Waals surface area contributed by atoms with Crippen molar-refractivity contribution in [3.8, 4) is 11.5 Å². The third-order valence-corrected chi connectivity index (χ3v) is 7.94. The van der Waals surface area contributed by atoms with E-state index in [4.69, 9.17) is 9.47 Å². The molecule has 1 aliphatic heterocycles. The second-order valence-corrected chi connectivity index (χ2v) is 10.6. The van der Waals surface area contributed by atoms with Crippen LogP contribution in [0, 0.1) is 0 Å². The molecule has 5 heteroatoms. The molecule has 0 radical (unpaired) electrons. The summed E-state index contributed by atoms with van der Waals surface area (Å²) in [5, 5.41) is 0. The fourth-order valence-electron chi connectivity index (χ4n) is 5.98. The van der Waals surface area contributed by atoms with Gasteiger partial charge in [0.25, 0.3) is 0 Å². The minimum Gasteiger partial charge on any atom is -0.494 e. The van der Waals surface area contributed by atoms with E-state index in [1.165, 1.54) is 0 Å². The van der Waals surface area contributed by atoms with Crippen LogP contribution in [0.15, 0.2) is 120 Å². The lowest BCUT2D eigenvalue weighted by molar-refractivity contribution is -0.120. The van der Waals surface area contributed by atoms with Crippen molar-refractivity contribution < 1.29 is 19.1 Å². The normalized spacial score (nSPS) is 18.7. The van der Waals surface area contributed by atoms with Crippen molar-refractivity contribution in [2.45, 2.75) is 44.6 Å². The summed E-state index contributed by atoms with van der Waals surface area (Å²) in [6.45, 7) is 2.99. The molecule has 41 heavy (non-hydrogen) atoms.